The van der Waals surface area contributed by atoms with Crippen LogP contribution in [0.25, 0.3) is 0 Å². The van der Waals surface area contributed by atoms with Crippen molar-refractivity contribution in [3.63, 3.8) is 0 Å². The third kappa shape index (κ3) is 3.52. The van der Waals surface area contributed by atoms with Crippen molar-refractivity contribution in [2.45, 2.75) is 32.9 Å². The van der Waals surface area contributed by atoms with Crippen LogP contribution in [-0.4, -0.2) is 15.7 Å². The van der Waals surface area contributed by atoms with Gasteiger partial charge in [0.25, 0.3) is 0 Å². The first-order valence-electron chi connectivity index (χ1n) is 7.35. The van der Waals surface area contributed by atoms with Crippen LogP contribution in [0.3, 0.4) is 0 Å². The van der Waals surface area contributed by atoms with Crippen LogP contribution in [0.4, 0.5) is 18.9 Å². The number of carbonyl (C=O) groups is 1. The van der Waals surface area contributed by atoms with Crippen LogP contribution < -0.4 is 10.9 Å². The average molecular weight is 340 g/mol. The summed E-state index contributed by atoms with van der Waals surface area (Å²) < 4.78 is 40.5. The number of anilines is 1. The van der Waals surface area contributed by atoms with Crippen LogP contribution in [0, 0.1) is 13.8 Å². The van der Waals surface area contributed by atoms with E-state index in [9.17, 15) is 18.0 Å². The van der Waals surface area contributed by atoms with Crippen LogP contribution in [0.15, 0.2) is 24.3 Å². The number of hydrazine groups is 1. The molecule has 0 aliphatic rings. The maximum absolute atomic E-state index is 12.9. The van der Waals surface area contributed by atoms with Crippen LogP contribution >= 0.6 is 0 Å². The highest BCUT2D eigenvalue weighted by molar-refractivity contribution is 5.85. The number of benzene rings is 1. The van der Waals surface area contributed by atoms with Gasteiger partial charge in [-0.1, -0.05) is 12.1 Å². The highest BCUT2D eigenvalue weighted by atomic mass is 19.4. The highest BCUT2D eigenvalue weighted by Gasteiger charge is 2.33. The number of halogens is 3. The van der Waals surface area contributed by atoms with E-state index in [0.29, 0.717) is 5.69 Å². The lowest BCUT2D eigenvalue weighted by atomic mass is 9.98. The van der Waals surface area contributed by atoms with Gasteiger partial charge in [-0.3, -0.25) is 20.3 Å². The van der Waals surface area contributed by atoms with Crippen molar-refractivity contribution >= 4 is 11.6 Å². The number of rotatable bonds is 4. The lowest BCUT2D eigenvalue weighted by Crippen LogP contribution is -2.34. The van der Waals surface area contributed by atoms with E-state index in [1.165, 1.54) is 18.2 Å². The summed E-state index contributed by atoms with van der Waals surface area (Å²) in [5.41, 5.74) is 5.99. The molecule has 1 aromatic heterocycles. The molecule has 1 unspecified atom stereocenters. The van der Waals surface area contributed by atoms with Crippen molar-refractivity contribution in [1.82, 2.24) is 15.2 Å². The minimum atomic E-state index is -4.50. The molecule has 5 nitrogen and oxygen atoms in total. The largest absolute Gasteiger partial charge is 0.418 e. The minimum Gasteiger partial charge on any atom is -0.298 e. The molecule has 0 bridgehead atoms. The topological polar surface area (TPSA) is 59.0 Å². The SMILES string of the molecule is Cc1nn(C)c(C)c1C(C)C(=O)NNc1ccccc1C(F)(F)F. The second-order valence-corrected chi connectivity index (χ2v) is 5.59. The Morgan fingerprint density at radius 2 is 1.88 bits per heavy atom. The number of hydrogen-bond donors (Lipinski definition) is 2. The molecule has 0 spiro atoms. The summed E-state index contributed by atoms with van der Waals surface area (Å²) in [5, 5.41) is 4.25. The first-order valence-corrected chi connectivity index (χ1v) is 7.35. The van der Waals surface area contributed by atoms with Crippen molar-refractivity contribution in [2.24, 2.45) is 7.05 Å². The summed E-state index contributed by atoms with van der Waals surface area (Å²) in [5.74, 6) is -0.990. The second-order valence-electron chi connectivity index (χ2n) is 5.59. The Morgan fingerprint density at radius 3 is 2.42 bits per heavy atom. The van der Waals surface area contributed by atoms with Crippen molar-refractivity contribution in [1.29, 1.82) is 0 Å². The number of para-hydroxylation sites is 1. The van der Waals surface area contributed by atoms with Gasteiger partial charge in [0, 0.05) is 18.3 Å². The molecular weight excluding hydrogens is 321 g/mol. The van der Waals surface area contributed by atoms with Crippen molar-refractivity contribution < 1.29 is 18.0 Å². The number of nitrogens with zero attached hydrogens (tertiary/aromatic N) is 2. The van der Waals surface area contributed by atoms with E-state index < -0.39 is 23.6 Å². The van der Waals surface area contributed by atoms with E-state index in [1.807, 2.05) is 6.92 Å². The van der Waals surface area contributed by atoms with E-state index in [1.54, 1.807) is 25.6 Å². The molecule has 1 heterocycles. The molecule has 130 valence electrons. The smallest absolute Gasteiger partial charge is 0.298 e. The molecule has 2 N–H and O–H groups in total. The molecule has 0 aliphatic heterocycles. The van der Waals surface area contributed by atoms with Gasteiger partial charge in [0.05, 0.1) is 22.9 Å². The Bertz CT molecular complexity index is 752. The standard InChI is InChI=1S/C16H19F3N4O/c1-9(14-10(2)22-23(4)11(14)3)15(24)21-20-13-8-6-5-7-12(13)16(17,18)19/h5-9,20H,1-4H3,(H,21,24). The number of carbonyl (C=O) groups excluding carboxylic acids is 1. The van der Waals surface area contributed by atoms with Crippen LogP contribution in [-0.2, 0) is 18.0 Å². The van der Waals surface area contributed by atoms with Crippen LogP contribution in [0.1, 0.15) is 35.4 Å². The molecule has 2 rings (SSSR count). The third-order valence-corrected chi connectivity index (χ3v) is 3.94. The quantitative estimate of drug-likeness (QED) is 0.840. The fourth-order valence-electron chi connectivity index (χ4n) is 2.62. The zero-order chi connectivity index (χ0) is 18.1. The molecule has 0 aliphatic carbocycles. The number of aryl methyl sites for hydroxylation is 2. The van der Waals surface area contributed by atoms with E-state index in [0.717, 1.165) is 17.3 Å². The molecule has 0 radical (unpaired) electrons. The second kappa shape index (κ2) is 6.54. The van der Waals surface area contributed by atoms with Gasteiger partial charge >= 0.3 is 6.18 Å². The maximum atomic E-state index is 12.9. The third-order valence-electron chi connectivity index (χ3n) is 3.94. The van der Waals surface area contributed by atoms with Gasteiger partial charge in [-0.05, 0) is 32.9 Å². The zero-order valence-corrected chi connectivity index (χ0v) is 13.8. The Labute approximate surface area is 137 Å². The molecule has 1 aromatic carbocycles. The number of aromatic nitrogens is 2. The number of amides is 1. The molecule has 8 heteroatoms. The van der Waals surface area contributed by atoms with Crippen molar-refractivity contribution in [3.05, 3.63) is 46.8 Å². The summed E-state index contributed by atoms with van der Waals surface area (Å²) in [6, 6.07) is 4.96. The summed E-state index contributed by atoms with van der Waals surface area (Å²) >= 11 is 0. The molecule has 0 fully saturated rings. The normalized spacial score (nSPS) is 12.8. The van der Waals surface area contributed by atoms with Crippen molar-refractivity contribution in [2.75, 3.05) is 5.43 Å². The summed E-state index contributed by atoms with van der Waals surface area (Å²) in [6.45, 7) is 5.31. The van der Waals surface area contributed by atoms with Crippen LogP contribution in [0.2, 0.25) is 0 Å². The van der Waals surface area contributed by atoms with E-state index in [2.05, 4.69) is 16.0 Å². The monoisotopic (exact) mass is 340 g/mol. The van der Waals surface area contributed by atoms with Gasteiger partial charge in [-0.2, -0.15) is 18.3 Å². The molecule has 2 aromatic rings. The number of alkyl halides is 3. The predicted molar refractivity (Wildman–Crippen MR) is 84.3 cm³/mol. The van der Waals surface area contributed by atoms with E-state index >= 15 is 0 Å². The van der Waals surface area contributed by atoms with E-state index in [4.69, 9.17) is 0 Å². The van der Waals surface area contributed by atoms with Gasteiger partial charge in [-0.15, -0.1) is 0 Å². The molecule has 1 atom stereocenters. The summed E-state index contributed by atoms with van der Waals surface area (Å²) in [7, 11) is 1.77. The Hall–Kier alpha value is -2.51. The molecular formula is C16H19F3N4O. The maximum Gasteiger partial charge on any atom is 0.418 e. The Morgan fingerprint density at radius 1 is 1.25 bits per heavy atom. The molecule has 0 saturated carbocycles. The van der Waals surface area contributed by atoms with Crippen molar-refractivity contribution in [3.8, 4) is 0 Å². The first kappa shape index (κ1) is 17.8. The lowest BCUT2D eigenvalue weighted by Gasteiger charge is -2.17. The number of hydrogen-bond acceptors (Lipinski definition) is 3. The van der Waals surface area contributed by atoms with Crippen LogP contribution in [0.5, 0.6) is 0 Å². The molecule has 0 saturated heterocycles. The van der Waals surface area contributed by atoms with Gasteiger partial charge in [0.1, 0.15) is 0 Å². The molecule has 1 amide bonds. The fraction of sp³-hybridized carbons (Fsp3) is 0.375. The number of nitrogens with one attached hydrogen (secondary N) is 2. The Balaban J connectivity index is 2.14. The summed E-state index contributed by atoms with van der Waals surface area (Å²) in [6.07, 6.45) is -4.50. The van der Waals surface area contributed by atoms with E-state index in [-0.39, 0.29) is 5.69 Å². The zero-order valence-electron chi connectivity index (χ0n) is 13.8. The van der Waals surface area contributed by atoms with Gasteiger partial charge < -0.3 is 0 Å². The molecule has 24 heavy (non-hydrogen) atoms. The average Bonchev–Trinajstić information content (AvgIpc) is 2.76. The summed E-state index contributed by atoms with van der Waals surface area (Å²) in [4.78, 5) is 12.3. The van der Waals surface area contributed by atoms with Gasteiger partial charge in [-0.25, -0.2) is 0 Å². The first-order chi connectivity index (χ1) is 11.1. The van der Waals surface area contributed by atoms with Gasteiger partial charge in [0.2, 0.25) is 5.91 Å². The lowest BCUT2D eigenvalue weighted by molar-refractivity contribution is -0.137. The minimum absolute atomic E-state index is 0.204. The predicted octanol–water partition coefficient (Wildman–Crippen LogP) is 3.30. The van der Waals surface area contributed by atoms with Gasteiger partial charge in [0.15, 0.2) is 0 Å². The fourth-order valence-corrected chi connectivity index (χ4v) is 2.62. The highest BCUT2D eigenvalue weighted by Crippen LogP contribution is 2.34. The Kier molecular flexibility index (Phi) is 4.86.